The Balaban J connectivity index is 2.64. The highest BCUT2D eigenvalue weighted by atomic mass is 19.4. The van der Waals surface area contributed by atoms with Gasteiger partial charge in [-0.25, -0.2) is 0 Å². The summed E-state index contributed by atoms with van der Waals surface area (Å²) >= 11 is 0. The molecule has 0 fully saturated rings. The molecule has 84 valence electrons. The van der Waals surface area contributed by atoms with E-state index in [-0.39, 0.29) is 18.6 Å². The van der Waals surface area contributed by atoms with Crippen molar-refractivity contribution in [3.8, 4) is 0 Å². The van der Waals surface area contributed by atoms with Crippen molar-refractivity contribution in [2.24, 2.45) is 0 Å². The number of alkyl halides is 3. The van der Waals surface area contributed by atoms with E-state index in [1.165, 1.54) is 0 Å². The summed E-state index contributed by atoms with van der Waals surface area (Å²) in [6, 6.07) is 0. The maximum absolute atomic E-state index is 11.8. The van der Waals surface area contributed by atoms with Gasteiger partial charge in [-0.3, -0.25) is 4.79 Å². The lowest BCUT2D eigenvalue weighted by Gasteiger charge is -2.15. The first kappa shape index (κ1) is 11.6. The van der Waals surface area contributed by atoms with Crippen molar-refractivity contribution in [2.45, 2.75) is 25.6 Å². The molecule has 0 heterocycles. The molecule has 3 nitrogen and oxygen atoms in total. The Morgan fingerprint density at radius 3 is 2.73 bits per heavy atom. The molecule has 0 unspecified atom stereocenters. The molecule has 1 aliphatic rings. The monoisotopic (exact) mass is 222 g/mol. The van der Waals surface area contributed by atoms with E-state index in [2.05, 4.69) is 4.74 Å². The molecule has 0 aromatic rings. The van der Waals surface area contributed by atoms with E-state index in [9.17, 15) is 18.0 Å². The number of carboxylic acid groups (broad SMARTS) is 1. The van der Waals surface area contributed by atoms with Crippen LogP contribution in [0.3, 0.4) is 0 Å². The Bertz CT molecular complexity index is 315. The minimum atomic E-state index is -4.71. The minimum Gasteiger partial charge on any atom is -0.481 e. The van der Waals surface area contributed by atoms with E-state index in [1.807, 2.05) is 0 Å². The lowest BCUT2D eigenvalue weighted by atomic mass is 10.0. The fraction of sp³-hybridized carbons (Fsp3) is 0.444. The molecule has 0 atom stereocenters. The van der Waals surface area contributed by atoms with Crippen LogP contribution in [0.4, 0.5) is 13.2 Å². The van der Waals surface area contributed by atoms with Gasteiger partial charge in [-0.05, 0) is 18.1 Å². The number of ether oxygens (including phenoxy) is 1. The third-order valence-electron chi connectivity index (χ3n) is 1.75. The Hall–Kier alpha value is -1.46. The van der Waals surface area contributed by atoms with E-state index in [4.69, 9.17) is 5.11 Å². The van der Waals surface area contributed by atoms with Gasteiger partial charge in [0.2, 0.25) is 0 Å². The molecule has 0 radical (unpaired) electrons. The van der Waals surface area contributed by atoms with E-state index in [0.717, 1.165) is 6.08 Å². The zero-order chi connectivity index (χ0) is 11.5. The summed E-state index contributed by atoms with van der Waals surface area (Å²) in [7, 11) is 0. The molecule has 0 amide bonds. The van der Waals surface area contributed by atoms with E-state index < -0.39 is 12.3 Å². The zero-order valence-electron chi connectivity index (χ0n) is 7.67. The summed E-state index contributed by atoms with van der Waals surface area (Å²) in [5.74, 6) is -1.31. The van der Waals surface area contributed by atoms with Crippen LogP contribution < -0.4 is 0 Å². The van der Waals surface area contributed by atoms with Gasteiger partial charge in [-0.15, -0.1) is 13.2 Å². The van der Waals surface area contributed by atoms with Crippen LogP contribution >= 0.6 is 0 Å². The first-order valence-corrected chi connectivity index (χ1v) is 4.24. The molecule has 0 spiro atoms. The van der Waals surface area contributed by atoms with Gasteiger partial charge in [0, 0.05) is 6.42 Å². The van der Waals surface area contributed by atoms with Crippen LogP contribution in [0, 0.1) is 0 Å². The van der Waals surface area contributed by atoms with Gasteiger partial charge in [-0.2, -0.15) is 0 Å². The van der Waals surface area contributed by atoms with Crippen LogP contribution in [0.15, 0.2) is 23.5 Å². The largest absolute Gasteiger partial charge is 0.572 e. The minimum absolute atomic E-state index is 0.141. The number of aliphatic carboxylic acids is 1. The van der Waals surface area contributed by atoms with Crippen molar-refractivity contribution in [3.63, 3.8) is 0 Å². The second-order valence-corrected chi connectivity index (χ2v) is 3.05. The van der Waals surface area contributed by atoms with Crippen molar-refractivity contribution in [1.82, 2.24) is 0 Å². The topological polar surface area (TPSA) is 46.5 Å². The number of halogens is 3. The molecule has 0 aromatic carbocycles. The normalized spacial score (nSPS) is 16.7. The standard InChI is InChI=1S/C9H9F3O3/c10-9(11,12)15-7-3-1-2-6(4-7)5-8(13)14/h2,4H,1,3,5H2,(H,13,14). The first-order valence-electron chi connectivity index (χ1n) is 4.24. The van der Waals surface area contributed by atoms with Crippen LogP contribution in [-0.4, -0.2) is 17.4 Å². The van der Waals surface area contributed by atoms with Gasteiger partial charge in [0.1, 0.15) is 5.76 Å². The summed E-state index contributed by atoms with van der Waals surface area (Å²) in [6.45, 7) is 0. The SMILES string of the molecule is O=C(O)CC1=CCCC(OC(F)(F)F)=C1. The number of rotatable bonds is 3. The van der Waals surface area contributed by atoms with Crippen LogP contribution in [0.25, 0.3) is 0 Å². The Morgan fingerprint density at radius 1 is 1.53 bits per heavy atom. The van der Waals surface area contributed by atoms with E-state index in [0.29, 0.717) is 12.0 Å². The number of carbonyl (C=O) groups is 1. The smallest absolute Gasteiger partial charge is 0.481 e. The van der Waals surface area contributed by atoms with Crippen LogP contribution in [0.1, 0.15) is 19.3 Å². The molecule has 1 rings (SSSR count). The molecule has 0 aliphatic heterocycles. The van der Waals surface area contributed by atoms with Crippen molar-refractivity contribution in [2.75, 3.05) is 0 Å². The average Bonchev–Trinajstić information content (AvgIpc) is 1.99. The quantitative estimate of drug-likeness (QED) is 0.798. The second kappa shape index (κ2) is 4.37. The van der Waals surface area contributed by atoms with Gasteiger partial charge >= 0.3 is 12.3 Å². The van der Waals surface area contributed by atoms with Crippen LogP contribution in [-0.2, 0) is 9.53 Å². The summed E-state index contributed by atoms with van der Waals surface area (Å²) < 4.78 is 39.2. The predicted molar refractivity (Wildman–Crippen MR) is 44.8 cm³/mol. The van der Waals surface area contributed by atoms with Gasteiger partial charge in [0.25, 0.3) is 0 Å². The fourth-order valence-electron chi connectivity index (χ4n) is 1.26. The van der Waals surface area contributed by atoms with Gasteiger partial charge in [0.05, 0.1) is 6.42 Å². The Labute approximate surface area is 83.8 Å². The highest BCUT2D eigenvalue weighted by molar-refractivity contribution is 5.71. The maximum Gasteiger partial charge on any atom is 0.572 e. The molecule has 0 saturated heterocycles. The van der Waals surface area contributed by atoms with Crippen molar-refractivity contribution < 1.29 is 27.8 Å². The predicted octanol–water partition coefficient (Wildman–Crippen LogP) is 2.60. The Morgan fingerprint density at radius 2 is 2.20 bits per heavy atom. The molecular formula is C9H9F3O3. The lowest BCUT2D eigenvalue weighted by Crippen LogP contribution is -2.14. The average molecular weight is 222 g/mol. The second-order valence-electron chi connectivity index (χ2n) is 3.05. The Kier molecular flexibility index (Phi) is 3.39. The van der Waals surface area contributed by atoms with Gasteiger partial charge < -0.3 is 9.84 Å². The molecule has 15 heavy (non-hydrogen) atoms. The molecule has 0 aromatic heterocycles. The summed E-state index contributed by atoms with van der Waals surface area (Å²) in [6.07, 6.45) is -1.77. The van der Waals surface area contributed by atoms with Crippen molar-refractivity contribution >= 4 is 5.97 Å². The third kappa shape index (κ3) is 4.53. The lowest BCUT2D eigenvalue weighted by molar-refractivity contribution is -0.306. The van der Waals surface area contributed by atoms with E-state index >= 15 is 0 Å². The van der Waals surface area contributed by atoms with E-state index in [1.54, 1.807) is 6.08 Å². The molecule has 1 aliphatic carbocycles. The van der Waals surface area contributed by atoms with Gasteiger partial charge in [-0.1, -0.05) is 6.08 Å². The molecule has 1 N–H and O–H groups in total. The van der Waals surface area contributed by atoms with Crippen LogP contribution in [0.5, 0.6) is 0 Å². The number of allylic oxidation sites excluding steroid dienone is 3. The maximum atomic E-state index is 11.8. The fourth-order valence-corrected chi connectivity index (χ4v) is 1.26. The molecule has 6 heteroatoms. The summed E-state index contributed by atoms with van der Waals surface area (Å²) in [5.41, 5.74) is 0.341. The number of hydrogen-bond donors (Lipinski definition) is 1. The zero-order valence-corrected chi connectivity index (χ0v) is 7.67. The molecular weight excluding hydrogens is 213 g/mol. The summed E-state index contributed by atoms with van der Waals surface area (Å²) in [5, 5.41) is 8.45. The third-order valence-corrected chi connectivity index (χ3v) is 1.75. The van der Waals surface area contributed by atoms with Crippen LogP contribution in [0.2, 0.25) is 0 Å². The number of carboxylic acids is 1. The van der Waals surface area contributed by atoms with Gasteiger partial charge in [0.15, 0.2) is 0 Å². The highest BCUT2D eigenvalue weighted by Crippen LogP contribution is 2.27. The first-order chi connectivity index (χ1) is 6.87. The highest BCUT2D eigenvalue weighted by Gasteiger charge is 2.32. The summed E-state index contributed by atoms with van der Waals surface area (Å²) in [4.78, 5) is 10.3. The number of hydrogen-bond acceptors (Lipinski definition) is 2. The molecule has 0 bridgehead atoms. The van der Waals surface area contributed by atoms with Crippen molar-refractivity contribution in [3.05, 3.63) is 23.5 Å². The van der Waals surface area contributed by atoms with Crippen molar-refractivity contribution in [1.29, 1.82) is 0 Å². The molecule has 0 saturated carbocycles.